The number of hydrogen-bond acceptors (Lipinski definition) is 11. The van der Waals surface area contributed by atoms with Crippen molar-refractivity contribution in [2.45, 2.75) is 263 Å². The number of esters is 3. The second-order valence-corrected chi connectivity index (χ2v) is 18.5. The molecule has 69 heavy (non-hydrogen) atoms. The molecular formula is C57H96O12. The molecule has 0 saturated carbocycles. The molecule has 6 atom stereocenters. The van der Waals surface area contributed by atoms with Crippen molar-refractivity contribution in [3.63, 3.8) is 0 Å². The summed E-state index contributed by atoms with van der Waals surface area (Å²) in [7, 11) is 0. The van der Waals surface area contributed by atoms with Crippen LogP contribution in [0.2, 0.25) is 0 Å². The number of carboxylic acids is 1. The molecule has 1 saturated heterocycles. The maximum atomic E-state index is 13.1. The van der Waals surface area contributed by atoms with Gasteiger partial charge in [0.25, 0.3) is 0 Å². The average Bonchev–Trinajstić information content (AvgIpc) is 3.33. The Hall–Kier alpha value is -3.58. The summed E-state index contributed by atoms with van der Waals surface area (Å²) in [5.74, 6) is -3.23. The molecule has 0 bridgehead atoms. The number of rotatable bonds is 45. The van der Waals surface area contributed by atoms with Crippen molar-refractivity contribution in [3.05, 3.63) is 60.8 Å². The zero-order valence-corrected chi connectivity index (χ0v) is 43.3. The lowest BCUT2D eigenvalue weighted by Gasteiger charge is -2.40. The number of unbranched alkanes of at least 4 members (excludes halogenated alkanes) is 21. The fourth-order valence-electron chi connectivity index (χ4n) is 7.90. The maximum Gasteiger partial charge on any atom is 0.335 e. The number of carbonyl (C=O) groups excluding carboxylic acids is 3. The van der Waals surface area contributed by atoms with Crippen LogP contribution in [0.1, 0.15) is 226 Å². The topological polar surface area (TPSA) is 175 Å². The summed E-state index contributed by atoms with van der Waals surface area (Å²) < 4.78 is 28.2. The molecule has 0 radical (unpaired) electrons. The van der Waals surface area contributed by atoms with Gasteiger partial charge in [-0.15, -0.1) is 0 Å². The van der Waals surface area contributed by atoms with Crippen LogP contribution in [-0.2, 0) is 42.9 Å². The fourth-order valence-corrected chi connectivity index (χ4v) is 7.90. The number of aliphatic hydroxyl groups excluding tert-OH is 2. The fraction of sp³-hybridized carbons (Fsp3) is 0.754. The van der Waals surface area contributed by atoms with Gasteiger partial charge in [0, 0.05) is 19.3 Å². The standard InChI is InChI=1S/C57H96O12/c1-4-7-10-13-16-19-22-24-25-27-30-33-36-39-42-45-51(60)68-55-53(62)52(61)54(56(63)64)69-57(55)66-47-48(67-50(59)44-41-38-35-32-28-21-18-15-12-9-6-3)46-65-49(58)43-40-37-34-31-29-26-23-20-17-14-11-8-5-2/h8,11,17,20,24-26,29,34,37,48,52-55,57,61-62H,4-7,9-10,12-16,18-19,21-23,27-28,30-33,35-36,38-47H2,1-3H3,(H,63,64)/b11-8-,20-17-,25-24-,29-26-,37-34-. The molecule has 0 spiro atoms. The first-order chi connectivity index (χ1) is 33.6. The predicted octanol–water partition coefficient (Wildman–Crippen LogP) is 13.2. The number of carbonyl (C=O) groups is 4. The van der Waals surface area contributed by atoms with Crippen molar-refractivity contribution in [3.8, 4) is 0 Å². The Kier molecular flexibility index (Phi) is 41.9. The average molecular weight is 973 g/mol. The van der Waals surface area contributed by atoms with Gasteiger partial charge >= 0.3 is 23.9 Å². The van der Waals surface area contributed by atoms with Crippen LogP contribution in [-0.4, -0.2) is 89.2 Å². The van der Waals surface area contributed by atoms with Crippen molar-refractivity contribution in [2.24, 2.45) is 0 Å². The van der Waals surface area contributed by atoms with Crippen molar-refractivity contribution in [1.82, 2.24) is 0 Å². The van der Waals surface area contributed by atoms with Crippen LogP contribution >= 0.6 is 0 Å². The summed E-state index contributed by atoms with van der Waals surface area (Å²) in [6.45, 7) is 5.78. The van der Waals surface area contributed by atoms with Gasteiger partial charge in [-0.25, -0.2) is 4.79 Å². The number of hydrogen-bond donors (Lipinski definition) is 3. The highest BCUT2D eigenvalue weighted by atomic mass is 16.7. The van der Waals surface area contributed by atoms with E-state index < -0.39 is 67.3 Å². The van der Waals surface area contributed by atoms with Crippen molar-refractivity contribution in [2.75, 3.05) is 13.2 Å². The van der Waals surface area contributed by atoms with Gasteiger partial charge in [0.2, 0.25) is 0 Å². The minimum absolute atomic E-state index is 0.0443. The highest BCUT2D eigenvalue weighted by Gasteiger charge is 2.50. The van der Waals surface area contributed by atoms with Gasteiger partial charge in [-0.05, 0) is 70.6 Å². The van der Waals surface area contributed by atoms with Crippen molar-refractivity contribution in [1.29, 1.82) is 0 Å². The lowest BCUT2D eigenvalue weighted by molar-refractivity contribution is -0.301. The van der Waals surface area contributed by atoms with Gasteiger partial charge in [-0.2, -0.15) is 0 Å². The number of ether oxygens (including phenoxy) is 5. The highest BCUT2D eigenvalue weighted by molar-refractivity contribution is 5.74. The summed E-state index contributed by atoms with van der Waals surface area (Å²) in [6.07, 6.45) is 42.2. The Balaban J connectivity index is 2.75. The summed E-state index contributed by atoms with van der Waals surface area (Å²) in [6, 6.07) is 0. The molecule has 1 rings (SSSR count). The van der Waals surface area contributed by atoms with Gasteiger partial charge in [0.15, 0.2) is 24.6 Å². The van der Waals surface area contributed by atoms with Crippen LogP contribution in [0.5, 0.6) is 0 Å². The third kappa shape index (κ3) is 36.1. The van der Waals surface area contributed by atoms with Crippen LogP contribution < -0.4 is 0 Å². The molecule has 396 valence electrons. The van der Waals surface area contributed by atoms with Gasteiger partial charge in [0.1, 0.15) is 18.8 Å². The lowest BCUT2D eigenvalue weighted by Crippen LogP contribution is -2.61. The number of carboxylic acid groups (broad SMARTS) is 1. The second kappa shape index (κ2) is 45.6. The minimum Gasteiger partial charge on any atom is -0.479 e. The SMILES string of the molecule is CC/C=C\C/C=C\C/C=C\C/C=C\CCC(=O)OCC(COC1OC(C(=O)O)C(O)C(O)C1OC(=O)CCCCCCC/C=C\CCCCCCCC)OC(=O)CCCCCCCCCCCCC. The van der Waals surface area contributed by atoms with Crippen LogP contribution in [0.25, 0.3) is 0 Å². The van der Waals surface area contributed by atoms with E-state index in [1.165, 1.54) is 83.5 Å². The van der Waals surface area contributed by atoms with E-state index in [-0.39, 0.29) is 25.9 Å². The molecule has 1 aliphatic heterocycles. The Labute approximate surface area is 417 Å². The molecule has 0 amide bonds. The Morgan fingerprint density at radius 3 is 1.45 bits per heavy atom. The number of aliphatic carboxylic acids is 1. The Bertz CT molecular complexity index is 1440. The molecule has 12 nitrogen and oxygen atoms in total. The number of allylic oxidation sites excluding steroid dienone is 10. The summed E-state index contributed by atoms with van der Waals surface area (Å²) in [4.78, 5) is 50.8. The largest absolute Gasteiger partial charge is 0.479 e. The first-order valence-corrected chi connectivity index (χ1v) is 27.3. The van der Waals surface area contributed by atoms with Gasteiger partial charge < -0.3 is 39.0 Å². The molecule has 0 aromatic rings. The van der Waals surface area contributed by atoms with E-state index in [1.54, 1.807) is 0 Å². The van der Waals surface area contributed by atoms with Crippen LogP contribution in [0.3, 0.4) is 0 Å². The Morgan fingerprint density at radius 1 is 0.493 bits per heavy atom. The second-order valence-electron chi connectivity index (χ2n) is 18.5. The molecule has 1 aliphatic rings. The molecule has 6 unspecified atom stereocenters. The summed E-state index contributed by atoms with van der Waals surface area (Å²) >= 11 is 0. The maximum absolute atomic E-state index is 13.1. The van der Waals surface area contributed by atoms with E-state index in [4.69, 9.17) is 23.7 Å². The molecule has 12 heteroatoms. The molecule has 1 heterocycles. The lowest BCUT2D eigenvalue weighted by atomic mass is 9.98. The highest BCUT2D eigenvalue weighted by Crippen LogP contribution is 2.26. The molecule has 3 N–H and O–H groups in total. The van der Waals surface area contributed by atoms with Crippen LogP contribution in [0, 0.1) is 0 Å². The normalized spacial score (nSPS) is 19.1. The predicted molar refractivity (Wildman–Crippen MR) is 275 cm³/mol. The van der Waals surface area contributed by atoms with Gasteiger partial charge in [-0.1, -0.05) is 197 Å². The number of aliphatic hydroxyl groups is 2. The third-order valence-electron chi connectivity index (χ3n) is 12.1. The van der Waals surface area contributed by atoms with Crippen molar-refractivity contribution >= 4 is 23.9 Å². The van der Waals surface area contributed by atoms with E-state index in [2.05, 4.69) is 69.4 Å². The third-order valence-corrected chi connectivity index (χ3v) is 12.1. The van der Waals surface area contributed by atoms with E-state index in [9.17, 15) is 34.5 Å². The first kappa shape index (κ1) is 63.4. The summed E-state index contributed by atoms with van der Waals surface area (Å²) in [5, 5.41) is 31.4. The molecule has 0 aromatic heterocycles. The minimum atomic E-state index is -1.91. The monoisotopic (exact) mass is 973 g/mol. The van der Waals surface area contributed by atoms with Crippen LogP contribution in [0.15, 0.2) is 60.8 Å². The van der Waals surface area contributed by atoms with E-state index in [0.717, 1.165) is 83.5 Å². The van der Waals surface area contributed by atoms with E-state index >= 15 is 0 Å². The zero-order chi connectivity index (χ0) is 50.4. The zero-order valence-electron chi connectivity index (χ0n) is 43.3. The van der Waals surface area contributed by atoms with Crippen LogP contribution in [0.4, 0.5) is 0 Å². The molecule has 0 aromatic carbocycles. The van der Waals surface area contributed by atoms with E-state index in [1.807, 2.05) is 12.2 Å². The summed E-state index contributed by atoms with van der Waals surface area (Å²) in [5.41, 5.74) is 0. The van der Waals surface area contributed by atoms with Crippen molar-refractivity contribution < 1.29 is 58.2 Å². The molecule has 1 fully saturated rings. The smallest absolute Gasteiger partial charge is 0.335 e. The molecule has 0 aliphatic carbocycles. The molecular weight excluding hydrogens is 877 g/mol. The first-order valence-electron chi connectivity index (χ1n) is 27.3. The van der Waals surface area contributed by atoms with E-state index in [0.29, 0.717) is 19.3 Å². The van der Waals surface area contributed by atoms with Gasteiger partial charge in [-0.3, -0.25) is 14.4 Å². The van der Waals surface area contributed by atoms with Gasteiger partial charge in [0.05, 0.1) is 6.61 Å². The Morgan fingerprint density at radius 2 is 0.942 bits per heavy atom. The quantitative estimate of drug-likeness (QED) is 0.0228.